The highest BCUT2D eigenvalue weighted by atomic mass is 32.1. The van der Waals surface area contributed by atoms with E-state index in [1.807, 2.05) is 16.8 Å². The molecule has 1 atom stereocenters. The Balaban J connectivity index is 1.55. The molecule has 0 bridgehead atoms. The Kier molecular flexibility index (Phi) is 5.59. The van der Waals surface area contributed by atoms with Gasteiger partial charge in [-0.2, -0.15) is 24.5 Å². The average molecular weight is 395 g/mol. The Labute approximate surface area is 157 Å². The summed E-state index contributed by atoms with van der Waals surface area (Å²) in [7, 11) is 0. The molecule has 0 spiro atoms. The minimum Gasteiger partial charge on any atom is -0.421 e. The van der Waals surface area contributed by atoms with E-state index in [0.29, 0.717) is 17.3 Å². The number of nitrogens with one attached hydrogen (secondary N) is 1. The molecule has 1 unspecified atom stereocenters. The fourth-order valence-electron chi connectivity index (χ4n) is 2.46. The summed E-state index contributed by atoms with van der Waals surface area (Å²) < 4.78 is 43.9. The predicted octanol–water partition coefficient (Wildman–Crippen LogP) is 4.63. The molecular formula is C18H16F3N3O2S. The molecule has 27 heavy (non-hydrogen) atoms. The monoisotopic (exact) mass is 395 g/mol. The van der Waals surface area contributed by atoms with Crippen molar-refractivity contribution < 1.29 is 22.4 Å². The molecule has 9 heteroatoms. The Morgan fingerprint density at radius 2 is 2.11 bits per heavy atom. The number of aromatic nitrogens is 2. The third-order valence-corrected chi connectivity index (χ3v) is 4.58. The van der Waals surface area contributed by atoms with E-state index in [1.54, 1.807) is 13.0 Å². The van der Waals surface area contributed by atoms with Gasteiger partial charge < -0.3 is 9.73 Å². The Morgan fingerprint density at radius 1 is 1.30 bits per heavy atom. The standard InChI is InChI=1S/C18H16F3N3O2S/c1-11(12-3-2-4-14(9-12)18(19,20)21)22-15(25)5-6-16-23-24-17(26-16)13-7-8-27-10-13/h2-4,7-11H,5-6H2,1H3,(H,22,25). The third kappa shape index (κ3) is 4.94. The zero-order valence-corrected chi connectivity index (χ0v) is 15.1. The van der Waals surface area contributed by atoms with Gasteiger partial charge in [0, 0.05) is 23.8 Å². The lowest BCUT2D eigenvalue weighted by Gasteiger charge is -2.16. The van der Waals surface area contributed by atoms with Crippen LogP contribution in [0, 0.1) is 0 Å². The maximum Gasteiger partial charge on any atom is 0.416 e. The van der Waals surface area contributed by atoms with Gasteiger partial charge >= 0.3 is 6.18 Å². The van der Waals surface area contributed by atoms with Crippen LogP contribution in [0.1, 0.15) is 36.4 Å². The van der Waals surface area contributed by atoms with Gasteiger partial charge in [-0.05, 0) is 36.1 Å². The number of hydrogen-bond donors (Lipinski definition) is 1. The van der Waals surface area contributed by atoms with Crippen molar-refractivity contribution in [3.05, 3.63) is 58.1 Å². The summed E-state index contributed by atoms with van der Waals surface area (Å²) in [5.41, 5.74) is 0.463. The largest absolute Gasteiger partial charge is 0.421 e. The molecule has 2 heterocycles. The first kappa shape index (κ1) is 19.1. The number of carbonyl (C=O) groups excluding carboxylic acids is 1. The van der Waals surface area contributed by atoms with E-state index >= 15 is 0 Å². The predicted molar refractivity (Wildman–Crippen MR) is 93.9 cm³/mol. The van der Waals surface area contributed by atoms with E-state index in [-0.39, 0.29) is 18.7 Å². The van der Waals surface area contributed by atoms with Crippen molar-refractivity contribution in [1.29, 1.82) is 0 Å². The second-order valence-corrected chi connectivity index (χ2v) is 6.71. The molecule has 0 fully saturated rings. The molecule has 3 rings (SSSR count). The molecule has 0 aliphatic rings. The first-order valence-corrected chi connectivity index (χ1v) is 9.08. The lowest BCUT2D eigenvalue weighted by molar-refractivity contribution is -0.137. The number of carbonyl (C=O) groups is 1. The van der Waals surface area contributed by atoms with E-state index in [2.05, 4.69) is 15.5 Å². The van der Waals surface area contributed by atoms with Gasteiger partial charge in [0.25, 0.3) is 0 Å². The van der Waals surface area contributed by atoms with Crippen molar-refractivity contribution in [2.24, 2.45) is 0 Å². The topological polar surface area (TPSA) is 68.0 Å². The van der Waals surface area contributed by atoms with Crippen molar-refractivity contribution in [3.63, 3.8) is 0 Å². The summed E-state index contributed by atoms with van der Waals surface area (Å²) in [6, 6.07) is 6.21. The average Bonchev–Trinajstić information content (AvgIpc) is 3.30. The highest BCUT2D eigenvalue weighted by molar-refractivity contribution is 7.08. The van der Waals surface area contributed by atoms with Crippen molar-refractivity contribution in [3.8, 4) is 11.5 Å². The SMILES string of the molecule is CC(NC(=O)CCc1nnc(-c2ccsc2)o1)c1cccc(C(F)(F)F)c1. The molecule has 1 N–H and O–H groups in total. The number of rotatable bonds is 6. The number of benzene rings is 1. The maximum atomic E-state index is 12.8. The summed E-state index contributed by atoms with van der Waals surface area (Å²) >= 11 is 1.51. The van der Waals surface area contributed by atoms with Crippen molar-refractivity contribution in [1.82, 2.24) is 15.5 Å². The molecule has 142 valence electrons. The maximum absolute atomic E-state index is 12.8. The van der Waals surface area contributed by atoms with Crippen LogP contribution in [0.15, 0.2) is 45.5 Å². The summed E-state index contributed by atoms with van der Waals surface area (Å²) in [6.07, 6.45) is -4.08. The van der Waals surface area contributed by atoms with Crippen LogP contribution in [-0.4, -0.2) is 16.1 Å². The van der Waals surface area contributed by atoms with Gasteiger partial charge in [-0.3, -0.25) is 4.79 Å². The Hall–Kier alpha value is -2.68. The van der Waals surface area contributed by atoms with Crippen LogP contribution in [0.25, 0.3) is 11.5 Å². The molecule has 1 aromatic carbocycles. The fraction of sp³-hybridized carbons (Fsp3) is 0.278. The minimum absolute atomic E-state index is 0.0918. The number of alkyl halides is 3. The highest BCUT2D eigenvalue weighted by Crippen LogP contribution is 2.30. The fourth-order valence-corrected chi connectivity index (χ4v) is 3.09. The van der Waals surface area contributed by atoms with Crippen LogP contribution in [0.2, 0.25) is 0 Å². The van der Waals surface area contributed by atoms with Crippen molar-refractivity contribution in [2.45, 2.75) is 32.0 Å². The van der Waals surface area contributed by atoms with E-state index < -0.39 is 17.8 Å². The summed E-state index contributed by atoms with van der Waals surface area (Å²) in [5, 5.41) is 14.3. The van der Waals surface area contributed by atoms with Gasteiger partial charge in [0.1, 0.15) is 0 Å². The van der Waals surface area contributed by atoms with E-state index in [0.717, 1.165) is 17.7 Å². The Bertz CT molecular complexity index is 907. The van der Waals surface area contributed by atoms with E-state index in [1.165, 1.54) is 17.4 Å². The minimum atomic E-state index is -4.42. The first-order chi connectivity index (χ1) is 12.8. The van der Waals surface area contributed by atoms with Gasteiger partial charge in [-0.25, -0.2) is 0 Å². The third-order valence-electron chi connectivity index (χ3n) is 3.89. The Morgan fingerprint density at radius 3 is 2.81 bits per heavy atom. The molecule has 0 aliphatic heterocycles. The normalized spacial score (nSPS) is 12.7. The quantitative estimate of drug-likeness (QED) is 0.661. The molecule has 3 aromatic rings. The molecule has 1 amide bonds. The lowest BCUT2D eigenvalue weighted by Crippen LogP contribution is -2.27. The van der Waals surface area contributed by atoms with Crippen LogP contribution in [0.3, 0.4) is 0 Å². The number of nitrogens with zero attached hydrogens (tertiary/aromatic N) is 2. The van der Waals surface area contributed by atoms with Crippen LogP contribution in [-0.2, 0) is 17.4 Å². The zero-order valence-electron chi connectivity index (χ0n) is 14.3. The molecule has 2 aromatic heterocycles. The number of thiophene rings is 1. The second kappa shape index (κ2) is 7.91. The smallest absolute Gasteiger partial charge is 0.416 e. The van der Waals surface area contributed by atoms with Crippen LogP contribution in [0.5, 0.6) is 0 Å². The molecule has 0 saturated heterocycles. The summed E-state index contributed by atoms with van der Waals surface area (Å²) in [6.45, 7) is 1.63. The van der Waals surface area contributed by atoms with Crippen molar-refractivity contribution in [2.75, 3.05) is 0 Å². The first-order valence-electron chi connectivity index (χ1n) is 8.14. The highest BCUT2D eigenvalue weighted by Gasteiger charge is 2.30. The number of halogens is 3. The second-order valence-electron chi connectivity index (χ2n) is 5.93. The molecular weight excluding hydrogens is 379 g/mol. The van der Waals surface area contributed by atoms with Gasteiger partial charge in [0.2, 0.25) is 17.7 Å². The van der Waals surface area contributed by atoms with E-state index in [4.69, 9.17) is 4.42 Å². The van der Waals surface area contributed by atoms with Crippen molar-refractivity contribution >= 4 is 17.2 Å². The summed E-state index contributed by atoms with van der Waals surface area (Å²) in [4.78, 5) is 12.1. The number of aryl methyl sites for hydroxylation is 1. The molecule has 0 saturated carbocycles. The van der Waals surface area contributed by atoms with E-state index in [9.17, 15) is 18.0 Å². The van der Waals surface area contributed by atoms with Gasteiger partial charge in [-0.15, -0.1) is 10.2 Å². The zero-order chi connectivity index (χ0) is 19.4. The van der Waals surface area contributed by atoms with Crippen LogP contribution in [0.4, 0.5) is 13.2 Å². The lowest BCUT2D eigenvalue weighted by atomic mass is 10.0. The molecule has 0 radical (unpaired) electrons. The van der Waals surface area contributed by atoms with Gasteiger partial charge in [0.05, 0.1) is 11.6 Å². The number of amides is 1. The summed E-state index contributed by atoms with van der Waals surface area (Å²) in [5.74, 6) is 0.414. The molecule has 5 nitrogen and oxygen atoms in total. The van der Waals surface area contributed by atoms with Crippen LogP contribution < -0.4 is 5.32 Å². The molecule has 0 aliphatic carbocycles. The van der Waals surface area contributed by atoms with Gasteiger partial charge in [-0.1, -0.05) is 12.1 Å². The van der Waals surface area contributed by atoms with Gasteiger partial charge in [0.15, 0.2) is 0 Å². The van der Waals surface area contributed by atoms with Crippen LogP contribution >= 0.6 is 11.3 Å². The number of hydrogen-bond acceptors (Lipinski definition) is 5.